The number of hydrogen-bond donors (Lipinski definition) is 2. The predicted molar refractivity (Wildman–Crippen MR) is 93.1 cm³/mol. The zero-order valence-corrected chi connectivity index (χ0v) is 14.2. The van der Waals surface area contributed by atoms with Crippen molar-refractivity contribution in [2.24, 2.45) is 0 Å². The monoisotopic (exact) mass is 348 g/mol. The number of imidazole rings is 1. The molecule has 2 aromatic rings. The number of piperidine rings is 1. The standard InChI is InChI=1S/C17H21ClN4O2/c18-7-1-2-16(23)21-13-5-8-22(9-6-13)17(24)12-3-4-14-15(10-12)20-11-19-14/h3-4,10-11,13H,1-2,5-9H2,(H,19,20)(H,21,23). The highest BCUT2D eigenvalue weighted by molar-refractivity contribution is 6.17. The van der Waals surface area contributed by atoms with Gasteiger partial charge in [0, 0.05) is 37.0 Å². The smallest absolute Gasteiger partial charge is 0.253 e. The van der Waals surface area contributed by atoms with Gasteiger partial charge in [-0.1, -0.05) is 0 Å². The number of rotatable bonds is 5. The van der Waals surface area contributed by atoms with Gasteiger partial charge in [-0.15, -0.1) is 11.6 Å². The number of fused-ring (bicyclic) bond motifs is 1. The lowest BCUT2D eigenvalue weighted by Gasteiger charge is -2.32. The van der Waals surface area contributed by atoms with Gasteiger partial charge in [-0.2, -0.15) is 0 Å². The highest BCUT2D eigenvalue weighted by atomic mass is 35.5. The molecule has 3 rings (SSSR count). The van der Waals surface area contributed by atoms with Gasteiger partial charge in [0.05, 0.1) is 17.4 Å². The second-order valence-electron chi connectivity index (χ2n) is 6.06. The molecule has 1 aliphatic rings. The van der Waals surface area contributed by atoms with Crippen molar-refractivity contribution in [1.29, 1.82) is 0 Å². The molecule has 0 bridgehead atoms. The van der Waals surface area contributed by atoms with E-state index in [2.05, 4.69) is 15.3 Å². The number of carbonyl (C=O) groups is 2. The Kier molecular flexibility index (Phi) is 5.35. The average Bonchev–Trinajstić information content (AvgIpc) is 3.07. The molecule has 0 saturated carbocycles. The van der Waals surface area contributed by atoms with Crippen molar-refractivity contribution in [2.45, 2.75) is 31.7 Å². The van der Waals surface area contributed by atoms with Crippen LogP contribution in [0.25, 0.3) is 11.0 Å². The molecule has 0 atom stereocenters. The Morgan fingerprint density at radius 1 is 1.33 bits per heavy atom. The van der Waals surface area contributed by atoms with Crippen molar-refractivity contribution in [1.82, 2.24) is 20.2 Å². The number of hydrogen-bond acceptors (Lipinski definition) is 3. The van der Waals surface area contributed by atoms with E-state index >= 15 is 0 Å². The number of benzene rings is 1. The largest absolute Gasteiger partial charge is 0.353 e. The van der Waals surface area contributed by atoms with Crippen LogP contribution in [-0.2, 0) is 4.79 Å². The van der Waals surface area contributed by atoms with Gasteiger partial charge in [0.25, 0.3) is 5.91 Å². The first-order valence-electron chi connectivity index (χ1n) is 8.25. The topological polar surface area (TPSA) is 78.1 Å². The first kappa shape index (κ1) is 16.8. The molecule has 2 heterocycles. The van der Waals surface area contributed by atoms with E-state index in [4.69, 9.17) is 11.6 Å². The SMILES string of the molecule is O=C(CCCCl)NC1CCN(C(=O)c2ccc3nc[nH]c3c2)CC1. The van der Waals surface area contributed by atoms with Crippen LogP contribution in [0.4, 0.5) is 0 Å². The zero-order valence-electron chi connectivity index (χ0n) is 13.4. The predicted octanol–water partition coefficient (Wildman–Crippen LogP) is 2.30. The Bertz CT molecular complexity index is 722. The number of nitrogens with one attached hydrogen (secondary N) is 2. The number of aromatic nitrogens is 2. The van der Waals surface area contributed by atoms with E-state index in [1.54, 1.807) is 6.33 Å². The van der Waals surface area contributed by atoms with E-state index in [1.165, 1.54) is 0 Å². The lowest BCUT2D eigenvalue weighted by Crippen LogP contribution is -2.46. The van der Waals surface area contributed by atoms with E-state index in [-0.39, 0.29) is 17.9 Å². The molecular weight excluding hydrogens is 328 g/mol. The molecule has 0 spiro atoms. The molecular formula is C17H21ClN4O2. The van der Waals surface area contributed by atoms with E-state index < -0.39 is 0 Å². The molecule has 0 unspecified atom stereocenters. The lowest BCUT2D eigenvalue weighted by molar-refractivity contribution is -0.122. The highest BCUT2D eigenvalue weighted by Gasteiger charge is 2.24. The number of alkyl halides is 1. The fourth-order valence-corrected chi connectivity index (χ4v) is 3.14. The fourth-order valence-electron chi connectivity index (χ4n) is 3.01. The summed E-state index contributed by atoms with van der Waals surface area (Å²) in [5.41, 5.74) is 2.38. The first-order chi connectivity index (χ1) is 11.7. The lowest BCUT2D eigenvalue weighted by atomic mass is 10.0. The minimum Gasteiger partial charge on any atom is -0.353 e. The third-order valence-electron chi connectivity index (χ3n) is 4.35. The number of halogens is 1. The molecule has 1 aromatic carbocycles. The van der Waals surface area contributed by atoms with Crippen molar-refractivity contribution in [2.75, 3.05) is 19.0 Å². The Morgan fingerprint density at radius 2 is 2.12 bits per heavy atom. The summed E-state index contributed by atoms with van der Waals surface area (Å²) < 4.78 is 0. The molecule has 2 N–H and O–H groups in total. The van der Waals surface area contributed by atoms with Crippen LogP contribution in [0.15, 0.2) is 24.5 Å². The molecule has 2 amide bonds. The Morgan fingerprint density at radius 3 is 2.88 bits per heavy atom. The number of H-pyrrole nitrogens is 1. The van der Waals surface area contributed by atoms with Crippen molar-refractivity contribution in [3.63, 3.8) is 0 Å². The van der Waals surface area contributed by atoms with Crippen LogP contribution in [0.3, 0.4) is 0 Å². The minimum absolute atomic E-state index is 0.0263. The summed E-state index contributed by atoms with van der Waals surface area (Å²) in [6, 6.07) is 5.64. The van der Waals surface area contributed by atoms with Crippen LogP contribution in [0.1, 0.15) is 36.0 Å². The summed E-state index contributed by atoms with van der Waals surface area (Å²) in [4.78, 5) is 33.4. The number of amides is 2. The number of aromatic amines is 1. The van der Waals surface area contributed by atoms with E-state index in [9.17, 15) is 9.59 Å². The maximum Gasteiger partial charge on any atom is 0.253 e. The van der Waals surface area contributed by atoms with Gasteiger partial charge in [-0.3, -0.25) is 9.59 Å². The second kappa shape index (κ2) is 7.66. The minimum atomic E-state index is 0.0263. The quantitative estimate of drug-likeness (QED) is 0.814. The van der Waals surface area contributed by atoms with Gasteiger partial charge >= 0.3 is 0 Å². The highest BCUT2D eigenvalue weighted by Crippen LogP contribution is 2.17. The Labute approximate surface area is 145 Å². The average molecular weight is 349 g/mol. The van der Waals surface area contributed by atoms with Crippen LogP contribution in [0.2, 0.25) is 0 Å². The molecule has 24 heavy (non-hydrogen) atoms. The Hall–Kier alpha value is -2.08. The number of carbonyl (C=O) groups excluding carboxylic acids is 2. The van der Waals surface area contributed by atoms with Crippen LogP contribution >= 0.6 is 11.6 Å². The van der Waals surface area contributed by atoms with Crippen molar-refractivity contribution in [3.05, 3.63) is 30.1 Å². The summed E-state index contributed by atoms with van der Waals surface area (Å²) in [7, 11) is 0. The van der Waals surface area contributed by atoms with Crippen LogP contribution in [-0.4, -0.2) is 51.7 Å². The van der Waals surface area contributed by atoms with Crippen molar-refractivity contribution < 1.29 is 9.59 Å². The van der Waals surface area contributed by atoms with E-state index in [1.807, 2.05) is 23.1 Å². The first-order valence-corrected chi connectivity index (χ1v) is 8.78. The maximum atomic E-state index is 12.6. The Balaban J connectivity index is 1.54. The van der Waals surface area contributed by atoms with Crippen molar-refractivity contribution >= 4 is 34.4 Å². The second-order valence-corrected chi connectivity index (χ2v) is 6.44. The van der Waals surface area contributed by atoms with Crippen LogP contribution in [0, 0.1) is 0 Å². The zero-order chi connectivity index (χ0) is 16.9. The fraction of sp³-hybridized carbons (Fsp3) is 0.471. The number of nitrogens with zero attached hydrogens (tertiary/aromatic N) is 2. The molecule has 1 fully saturated rings. The molecule has 1 aromatic heterocycles. The summed E-state index contributed by atoms with van der Waals surface area (Å²) >= 11 is 5.60. The van der Waals surface area contributed by atoms with Gasteiger partial charge in [0.2, 0.25) is 5.91 Å². The molecule has 128 valence electrons. The van der Waals surface area contributed by atoms with Gasteiger partial charge in [0.15, 0.2) is 0 Å². The maximum absolute atomic E-state index is 12.6. The summed E-state index contributed by atoms with van der Waals surface area (Å²) in [6.45, 7) is 1.31. The molecule has 7 heteroatoms. The molecule has 6 nitrogen and oxygen atoms in total. The summed E-state index contributed by atoms with van der Waals surface area (Å²) in [5, 5.41) is 3.02. The molecule has 1 saturated heterocycles. The summed E-state index contributed by atoms with van der Waals surface area (Å²) in [5.74, 6) is 0.574. The molecule has 0 radical (unpaired) electrons. The molecule has 0 aliphatic carbocycles. The van der Waals surface area contributed by atoms with Gasteiger partial charge in [0.1, 0.15) is 0 Å². The normalized spacial score (nSPS) is 15.6. The van der Waals surface area contributed by atoms with Crippen LogP contribution in [0.5, 0.6) is 0 Å². The third-order valence-corrected chi connectivity index (χ3v) is 4.62. The van der Waals surface area contributed by atoms with Gasteiger partial charge in [-0.05, 0) is 37.5 Å². The van der Waals surface area contributed by atoms with E-state index in [0.717, 1.165) is 23.9 Å². The summed E-state index contributed by atoms with van der Waals surface area (Å²) in [6.07, 6.45) is 4.35. The van der Waals surface area contributed by atoms with Gasteiger partial charge in [-0.25, -0.2) is 4.98 Å². The van der Waals surface area contributed by atoms with Crippen molar-refractivity contribution in [3.8, 4) is 0 Å². The number of likely N-dealkylation sites (tertiary alicyclic amines) is 1. The van der Waals surface area contributed by atoms with Crippen LogP contribution < -0.4 is 5.32 Å². The molecule has 1 aliphatic heterocycles. The van der Waals surface area contributed by atoms with Gasteiger partial charge < -0.3 is 15.2 Å². The van der Waals surface area contributed by atoms with E-state index in [0.29, 0.717) is 37.4 Å². The third kappa shape index (κ3) is 3.87.